The van der Waals surface area contributed by atoms with E-state index in [-0.39, 0.29) is 25.2 Å². The monoisotopic (exact) mass is 499 g/mol. The molecular formula is C24H29ClF3N3O3. The first-order chi connectivity index (χ1) is 15.9. The number of ketones is 1. The molecule has 2 aliphatic heterocycles. The van der Waals surface area contributed by atoms with Gasteiger partial charge in [-0.25, -0.2) is 0 Å². The van der Waals surface area contributed by atoms with E-state index in [1.54, 1.807) is 36.1 Å². The lowest BCUT2D eigenvalue weighted by Crippen LogP contribution is -2.57. The zero-order valence-electron chi connectivity index (χ0n) is 19.2. The number of nitrogens with zero attached hydrogens (tertiary/aromatic N) is 2. The molecule has 1 aromatic carbocycles. The van der Waals surface area contributed by atoms with E-state index in [0.717, 1.165) is 0 Å². The van der Waals surface area contributed by atoms with Crippen LogP contribution >= 0.6 is 11.6 Å². The van der Waals surface area contributed by atoms with Crippen molar-refractivity contribution in [2.45, 2.75) is 57.5 Å². The maximum Gasteiger partial charge on any atom is 0.456 e. The minimum absolute atomic E-state index is 0. The predicted molar refractivity (Wildman–Crippen MR) is 124 cm³/mol. The molecule has 1 unspecified atom stereocenters. The minimum atomic E-state index is -4.93. The number of alkyl halides is 3. The number of halogens is 4. The molecule has 1 N–H and O–H groups in total. The van der Waals surface area contributed by atoms with E-state index >= 15 is 0 Å². The fourth-order valence-corrected chi connectivity index (χ4v) is 5.08. The number of likely N-dealkylation sites (tertiary alicyclic amines) is 1. The van der Waals surface area contributed by atoms with Crippen LogP contribution in [0.25, 0.3) is 0 Å². The molecular weight excluding hydrogens is 471 g/mol. The molecule has 6 nitrogen and oxygen atoms in total. The van der Waals surface area contributed by atoms with Crippen LogP contribution in [-0.2, 0) is 5.54 Å². The smallest absolute Gasteiger partial charge is 0.456 e. The lowest BCUT2D eigenvalue weighted by atomic mass is 9.82. The van der Waals surface area contributed by atoms with Crippen molar-refractivity contribution in [3.63, 3.8) is 0 Å². The third-order valence-corrected chi connectivity index (χ3v) is 6.82. The number of rotatable bonds is 4. The van der Waals surface area contributed by atoms with Crippen LogP contribution in [0.2, 0.25) is 5.02 Å². The number of ether oxygens (including phenoxy) is 1. The molecule has 4 rings (SSSR count). The molecule has 1 spiro atoms. The summed E-state index contributed by atoms with van der Waals surface area (Å²) in [6, 6.07) is 7.51. The van der Waals surface area contributed by atoms with Crippen LogP contribution in [0.15, 0.2) is 30.3 Å². The topological polar surface area (TPSA) is 63.6 Å². The highest BCUT2D eigenvalue weighted by Gasteiger charge is 2.47. The van der Waals surface area contributed by atoms with Crippen molar-refractivity contribution in [3.05, 3.63) is 52.3 Å². The Morgan fingerprint density at radius 2 is 1.88 bits per heavy atom. The quantitative estimate of drug-likeness (QED) is 0.586. The van der Waals surface area contributed by atoms with Crippen molar-refractivity contribution in [2.75, 3.05) is 19.6 Å². The third kappa shape index (κ3) is 4.43. The molecule has 1 aromatic heterocycles. The lowest BCUT2D eigenvalue weighted by Gasteiger charge is -2.47. The average Bonchev–Trinajstić information content (AvgIpc) is 3.23. The van der Waals surface area contributed by atoms with Gasteiger partial charge in [0.15, 0.2) is 0 Å². The number of piperidine rings is 1. The molecule has 3 heterocycles. The normalized spacial score (nSPS) is 19.9. The van der Waals surface area contributed by atoms with Gasteiger partial charge >= 0.3 is 6.18 Å². The Balaban J connectivity index is 0.00000342. The third-order valence-electron chi connectivity index (χ3n) is 6.52. The zero-order chi connectivity index (χ0) is 24.8. The van der Waals surface area contributed by atoms with Gasteiger partial charge in [-0.1, -0.05) is 11.6 Å². The van der Waals surface area contributed by atoms with Crippen molar-refractivity contribution in [3.8, 4) is 5.75 Å². The number of aromatic nitrogens is 1. The SMILES string of the molecule is CC(C)Oc1ccc(C(=O)N2CCC3(CC2)NCC(C)n2c(C(=O)C(F)(F)F)ccc23)cc1Cl.[HH]. The van der Waals surface area contributed by atoms with Crippen LogP contribution in [0.4, 0.5) is 13.2 Å². The van der Waals surface area contributed by atoms with Crippen LogP contribution in [0, 0.1) is 0 Å². The van der Waals surface area contributed by atoms with Gasteiger partial charge in [-0.2, -0.15) is 13.2 Å². The fraction of sp³-hybridized carbons (Fsp3) is 0.500. The lowest BCUT2D eigenvalue weighted by molar-refractivity contribution is -0.0892. The van der Waals surface area contributed by atoms with Crippen LogP contribution in [-0.4, -0.2) is 53.1 Å². The van der Waals surface area contributed by atoms with Gasteiger partial charge in [-0.05, 0) is 63.9 Å². The zero-order valence-corrected chi connectivity index (χ0v) is 20.0. The second-order valence-electron chi connectivity index (χ2n) is 9.22. The van der Waals surface area contributed by atoms with Gasteiger partial charge in [0.1, 0.15) is 5.75 Å². The summed E-state index contributed by atoms with van der Waals surface area (Å²) in [6.07, 6.45) is -3.96. The number of benzene rings is 1. The van der Waals surface area contributed by atoms with Crippen LogP contribution in [0.3, 0.4) is 0 Å². The second-order valence-corrected chi connectivity index (χ2v) is 9.62. The van der Waals surface area contributed by atoms with E-state index in [9.17, 15) is 22.8 Å². The van der Waals surface area contributed by atoms with E-state index in [1.165, 1.54) is 10.6 Å². The van der Waals surface area contributed by atoms with Gasteiger partial charge in [-0.3, -0.25) is 9.59 Å². The summed E-state index contributed by atoms with van der Waals surface area (Å²) in [5.41, 5.74) is 0.167. The fourth-order valence-electron chi connectivity index (χ4n) is 4.86. The number of carbonyl (C=O) groups is 2. The molecule has 1 amide bonds. The van der Waals surface area contributed by atoms with Crippen molar-refractivity contribution in [2.24, 2.45) is 0 Å². The Labute approximate surface area is 202 Å². The first-order valence-corrected chi connectivity index (χ1v) is 11.6. The number of Topliss-reactive ketones (excluding diaryl/α,β-unsaturated/α-hetero) is 1. The Bertz CT molecular complexity index is 1110. The summed E-state index contributed by atoms with van der Waals surface area (Å²) >= 11 is 6.29. The predicted octanol–water partition coefficient (Wildman–Crippen LogP) is 5.22. The highest BCUT2D eigenvalue weighted by Crippen LogP contribution is 2.40. The molecule has 2 aliphatic rings. The second kappa shape index (κ2) is 8.92. The molecule has 1 saturated heterocycles. The van der Waals surface area contributed by atoms with E-state index in [0.29, 0.717) is 54.5 Å². The minimum Gasteiger partial charge on any atom is -0.489 e. The first-order valence-electron chi connectivity index (χ1n) is 11.3. The number of hydrogen-bond donors (Lipinski definition) is 1. The largest absolute Gasteiger partial charge is 0.489 e. The summed E-state index contributed by atoms with van der Waals surface area (Å²) < 4.78 is 46.5. The van der Waals surface area contributed by atoms with Crippen LogP contribution < -0.4 is 10.1 Å². The van der Waals surface area contributed by atoms with Crippen LogP contribution in [0.1, 0.15) is 67.6 Å². The molecule has 186 valence electrons. The van der Waals surface area contributed by atoms with Gasteiger partial charge in [0.25, 0.3) is 11.7 Å². The molecule has 0 bridgehead atoms. The molecule has 0 saturated carbocycles. The Morgan fingerprint density at radius 3 is 2.47 bits per heavy atom. The van der Waals surface area contributed by atoms with Gasteiger partial charge < -0.3 is 19.5 Å². The van der Waals surface area contributed by atoms with Gasteiger partial charge in [0.05, 0.1) is 22.4 Å². The number of carbonyl (C=O) groups excluding carboxylic acids is 2. The molecule has 1 atom stereocenters. The average molecular weight is 500 g/mol. The van der Waals surface area contributed by atoms with E-state index in [4.69, 9.17) is 16.3 Å². The highest BCUT2D eigenvalue weighted by atomic mass is 35.5. The van der Waals surface area contributed by atoms with Crippen molar-refractivity contribution in [1.82, 2.24) is 14.8 Å². The molecule has 34 heavy (non-hydrogen) atoms. The number of nitrogens with one attached hydrogen (secondary N) is 1. The maximum absolute atomic E-state index is 13.1. The summed E-state index contributed by atoms with van der Waals surface area (Å²) in [7, 11) is 0. The van der Waals surface area contributed by atoms with Gasteiger partial charge in [-0.15, -0.1) is 0 Å². The highest BCUT2D eigenvalue weighted by molar-refractivity contribution is 6.32. The van der Waals surface area contributed by atoms with E-state index in [1.807, 2.05) is 13.8 Å². The first kappa shape index (κ1) is 24.6. The maximum atomic E-state index is 13.1. The molecule has 10 heteroatoms. The summed E-state index contributed by atoms with van der Waals surface area (Å²) in [4.78, 5) is 26.8. The summed E-state index contributed by atoms with van der Waals surface area (Å²) in [5, 5.41) is 3.83. The van der Waals surface area contributed by atoms with Crippen LogP contribution in [0.5, 0.6) is 5.75 Å². The molecule has 2 aromatic rings. The Hall–Kier alpha value is -2.52. The van der Waals surface area contributed by atoms with Gasteiger partial charge in [0.2, 0.25) is 0 Å². The number of hydrogen-bond acceptors (Lipinski definition) is 4. The van der Waals surface area contributed by atoms with Crippen molar-refractivity contribution in [1.29, 1.82) is 0 Å². The Kier molecular flexibility index (Phi) is 6.46. The number of amides is 1. The molecule has 1 fully saturated rings. The Morgan fingerprint density at radius 1 is 1.21 bits per heavy atom. The van der Waals surface area contributed by atoms with Crippen molar-refractivity contribution >= 4 is 23.3 Å². The van der Waals surface area contributed by atoms with Crippen molar-refractivity contribution < 1.29 is 28.9 Å². The molecule has 0 aliphatic carbocycles. The van der Waals surface area contributed by atoms with Gasteiger partial charge in [0, 0.05) is 38.4 Å². The number of fused-ring (bicyclic) bond motifs is 2. The van der Waals surface area contributed by atoms with E-state index in [2.05, 4.69) is 5.32 Å². The van der Waals surface area contributed by atoms with E-state index < -0.39 is 17.5 Å². The molecule has 0 radical (unpaired) electrons. The summed E-state index contributed by atoms with van der Waals surface area (Å²) in [6.45, 7) is 6.81. The standard InChI is InChI=1S/C24H27ClF3N3O3.H2/c1-14(2)34-19-6-4-16(12-17(19)25)22(33)30-10-8-23(9-11-30)20-7-5-18(21(32)24(26,27)28)31(20)15(3)13-29-23;/h4-7,12,14-15,29H,8-11,13H2,1-3H3;1H. The summed E-state index contributed by atoms with van der Waals surface area (Å²) in [5.74, 6) is -1.49.